The predicted molar refractivity (Wildman–Crippen MR) is 86.2 cm³/mol. The first-order valence-electron chi connectivity index (χ1n) is 6.58. The van der Waals surface area contributed by atoms with Gasteiger partial charge in [-0.25, -0.2) is 0 Å². The van der Waals surface area contributed by atoms with E-state index in [9.17, 15) is 4.79 Å². The molecule has 108 valence electrons. The first-order chi connectivity index (χ1) is 9.58. The summed E-state index contributed by atoms with van der Waals surface area (Å²) in [7, 11) is 3.87. The highest BCUT2D eigenvalue weighted by atomic mass is 32.1. The monoisotopic (exact) mass is 308 g/mol. The van der Waals surface area contributed by atoms with Gasteiger partial charge in [-0.05, 0) is 36.9 Å². The number of carbonyl (C=O) groups excluding carboxylic acids is 1. The zero-order valence-corrected chi connectivity index (χ0v) is 13.7. The number of rotatable bonds is 6. The maximum Gasteiger partial charge on any atom is 0.236 e. The lowest BCUT2D eigenvalue weighted by molar-refractivity contribution is -0.131. The van der Waals surface area contributed by atoms with Crippen molar-refractivity contribution in [1.29, 1.82) is 0 Å². The van der Waals surface area contributed by atoms with Gasteiger partial charge >= 0.3 is 0 Å². The van der Waals surface area contributed by atoms with E-state index in [0.717, 1.165) is 0 Å². The smallest absolute Gasteiger partial charge is 0.236 e. The fourth-order valence-electron chi connectivity index (χ4n) is 1.94. The molecule has 0 aromatic carbocycles. The Labute approximate surface area is 128 Å². The summed E-state index contributed by atoms with van der Waals surface area (Å²) in [5.74, 6) is 0.157. The highest BCUT2D eigenvalue weighted by Gasteiger charge is 2.18. The van der Waals surface area contributed by atoms with Gasteiger partial charge in [0.25, 0.3) is 0 Å². The summed E-state index contributed by atoms with van der Waals surface area (Å²) in [6.07, 6.45) is 0. The van der Waals surface area contributed by atoms with Gasteiger partial charge in [0.1, 0.15) is 0 Å². The second kappa shape index (κ2) is 7.02. The van der Waals surface area contributed by atoms with E-state index < -0.39 is 0 Å². The Hall–Kier alpha value is -1.17. The molecule has 0 aliphatic carbocycles. The molecule has 2 heterocycles. The van der Waals surface area contributed by atoms with Crippen LogP contribution in [0.15, 0.2) is 35.0 Å². The summed E-state index contributed by atoms with van der Waals surface area (Å²) in [5, 5.41) is 4.11. The maximum atomic E-state index is 12.2. The first kappa shape index (κ1) is 15.2. The molecule has 20 heavy (non-hydrogen) atoms. The largest absolute Gasteiger partial charge is 0.340 e. The average Bonchev–Trinajstić information content (AvgIpc) is 3.10. The molecule has 1 unspecified atom stereocenters. The van der Waals surface area contributed by atoms with Crippen LogP contribution >= 0.6 is 22.7 Å². The van der Waals surface area contributed by atoms with Gasteiger partial charge in [0.2, 0.25) is 5.91 Å². The van der Waals surface area contributed by atoms with E-state index >= 15 is 0 Å². The molecule has 0 N–H and O–H groups in total. The van der Waals surface area contributed by atoms with E-state index in [0.29, 0.717) is 13.1 Å². The van der Waals surface area contributed by atoms with E-state index in [2.05, 4.69) is 35.4 Å². The molecular weight excluding hydrogens is 288 g/mol. The molecule has 0 bridgehead atoms. The van der Waals surface area contributed by atoms with Crippen molar-refractivity contribution in [2.45, 2.75) is 19.5 Å². The lowest BCUT2D eigenvalue weighted by Crippen LogP contribution is -2.37. The summed E-state index contributed by atoms with van der Waals surface area (Å²) in [4.78, 5) is 18.6. The Morgan fingerprint density at radius 2 is 1.90 bits per heavy atom. The molecule has 0 saturated heterocycles. The Morgan fingerprint density at radius 3 is 2.50 bits per heavy atom. The molecule has 0 aliphatic heterocycles. The molecule has 2 aromatic heterocycles. The number of likely N-dealkylation sites (N-methyl/N-ethyl adjacent to an activating group) is 2. The number of hydrogen-bond acceptors (Lipinski definition) is 4. The Kier molecular flexibility index (Phi) is 5.34. The van der Waals surface area contributed by atoms with Crippen LogP contribution in [0.1, 0.15) is 22.7 Å². The van der Waals surface area contributed by atoms with Crippen molar-refractivity contribution in [3.8, 4) is 0 Å². The molecule has 0 saturated carbocycles. The predicted octanol–water partition coefficient (Wildman–Crippen LogP) is 3.46. The van der Waals surface area contributed by atoms with Crippen molar-refractivity contribution in [3.63, 3.8) is 0 Å². The minimum Gasteiger partial charge on any atom is -0.340 e. The Morgan fingerprint density at radius 1 is 1.20 bits per heavy atom. The van der Waals surface area contributed by atoms with Crippen molar-refractivity contribution >= 4 is 28.6 Å². The summed E-state index contributed by atoms with van der Waals surface area (Å²) in [6.45, 7) is 3.27. The zero-order chi connectivity index (χ0) is 14.5. The standard InChI is InChI=1S/C15H20N2OS2/c1-12(14-7-5-9-20-14)16(2)11-15(18)17(3)10-13-6-4-8-19-13/h4-9,12H,10-11H2,1-3H3. The van der Waals surface area contributed by atoms with E-state index in [1.165, 1.54) is 9.75 Å². The number of amides is 1. The van der Waals surface area contributed by atoms with Crippen molar-refractivity contribution in [3.05, 3.63) is 44.8 Å². The lowest BCUT2D eigenvalue weighted by Gasteiger charge is -2.26. The molecule has 5 heteroatoms. The number of carbonyl (C=O) groups is 1. The van der Waals surface area contributed by atoms with Crippen LogP contribution in [-0.4, -0.2) is 36.3 Å². The normalized spacial score (nSPS) is 12.6. The molecule has 1 atom stereocenters. The fourth-order valence-corrected chi connectivity index (χ4v) is 3.55. The van der Waals surface area contributed by atoms with Gasteiger partial charge in [0.15, 0.2) is 0 Å². The maximum absolute atomic E-state index is 12.2. The lowest BCUT2D eigenvalue weighted by atomic mass is 10.2. The van der Waals surface area contributed by atoms with E-state index in [4.69, 9.17) is 0 Å². The van der Waals surface area contributed by atoms with Gasteiger partial charge in [-0.15, -0.1) is 22.7 Å². The topological polar surface area (TPSA) is 23.6 Å². The number of nitrogens with zero attached hydrogens (tertiary/aromatic N) is 2. The van der Waals surface area contributed by atoms with Crippen LogP contribution in [0.5, 0.6) is 0 Å². The van der Waals surface area contributed by atoms with Gasteiger partial charge in [-0.3, -0.25) is 9.69 Å². The Balaban J connectivity index is 1.87. The van der Waals surface area contributed by atoms with Gasteiger partial charge in [0.05, 0.1) is 13.1 Å². The molecule has 0 aliphatic rings. The van der Waals surface area contributed by atoms with Crippen LogP contribution in [0.4, 0.5) is 0 Å². The van der Waals surface area contributed by atoms with E-state index in [1.807, 2.05) is 25.5 Å². The van der Waals surface area contributed by atoms with Gasteiger partial charge in [-0.1, -0.05) is 12.1 Å². The van der Waals surface area contributed by atoms with Crippen LogP contribution in [0.3, 0.4) is 0 Å². The summed E-state index contributed by atoms with van der Waals surface area (Å²) in [5.41, 5.74) is 0. The van der Waals surface area contributed by atoms with Crippen LogP contribution in [0, 0.1) is 0 Å². The van der Waals surface area contributed by atoms with Crippen molar-refractivity contribution in [2.24, 2.45) is 0 Å². The average molecular weight is 308 g/mol. The van der Waals surface area contributed by atoms with Crippen LogP contribution in [-0.2, 0) is 11.3 Å². The minimum absolute atomic E-state index is 0.157. The van der Waals surface area contributed by atoms with Gasteiger partial charge < -0.3 is 4.90 Å². The van der Waals surface area contributed by atoms with Gasteiger partial charge in [-0.2, -0.15) is 0 Å². The third-order valence-corrected chi connectivity index (χ3v) is 5.30. The first-order valence-corrected chi connectivity index (χ1v) is 8.34. The zero-order valence-electron chi connectivity index (χ0n) is 12.1. The van der Waals surface area contributed by atoms with Crippen molar-refractivity contribution in [2.75, 3.05) is 20.6 Å². The molecule has 3 nitrogen and oxygen atoms in total. The van der Waals surface area contributed by atoms with Crippen LogP contribution in [0.2, 0.25) is 0 Å². The molecule has 0 radical (unpaired) electrons. The quantitative estimate of drug-likeness (QED) is 0.816. The summed E-state index contributed by atoms with van der Waals surface area (Å²) >= 11 is 3.42. The molecule has 1 amide bonds. The minimum atomic E-state index is 0.157. The molecule has 2 rings (SSSR count). The van der Waals surface area contributed by atoms with Crippen molar-refractivity contribution in [1.82, 2.24) is 9.80 Å². The second-order valence-electron chi connectivity index (χ2n) is 4.94. The highest BCUT2D eigenvalue weighted by Crippen LogP contribution is 2.23. The molecule has 2 aromatic rings. The summed E-state index contributed by atoms with van der Waals surface area (Å²) in [6, 6.07) is 8.52. The molecular formula is C15H20N2OS2. The third kappa shape index (κ3) is 3.91. The highest BCUT2D eigenvalue weighted by molar-refractivity contribution is 7.10. The van der Waals surface area contributed by atoms with Crippen molar-refractivity contribution < 1.29 is 4.79 Å². The Bertz CT molecular complexity index is 522. The van der Waals surface area contributed by atoms with Crippen LogP contribution in [0.25, 0.3) is 0 Å². The second-order valence-corrected chi connectivity index (χ2v) is 6.95. The number of thiophene rings is 2. The van der Waals surface area contributed by atoms with Crippen LogP contribution < -0.4 is 0 Å². The fraction of sp³-hybridized carbons (Fsp3) is 0.400. The van der Waals surface area contributed by atoms with Gasteiger partial charge in [0, 0.05) is 22.8 Å². The number of hydrogen-bond donors (Lipinski definition) is 0. The van der Waals surface area contributed by atoms with E-state index in [-0.39, 0.29) is 11.9 Å². The molecule has 0 spiro atoms. The summed E-state index contributed by atoms with van der Waals surface area (Å²) < 4.78 is 0. The third-order valence-electron chi connectivity index (χ3n) is 3.40. The molecule has 0 fully saturated rings. The van der Waals surface area contributed by atoms with E-state index in [1.54, 1.807) is 27.6 Å². The SMILES string of the molecule is CC(c1cccs1)N(C)CC(=O)N(C)Cc1cccs1.